The molecule has 0 fully saturated rings. The SMILES string of the molecule is Cl.ClCc1ccc2nccn2c1. The molecule has 0 saturated carbocycles. The van der Waals surface area contributed by atoms with Crippen molar-refractivity contribution in [1.82, 2.24) is 9.38 Å². The van der Waals surface area contributed by atoms with Gasteiger partial charge in [-0.25, -0.2) is 4.98 Å². The first-order valence-electron chi connectivity index (χ1n) is 3.38. The largest absolute Gasteiger partial charge is 0.307 e. The quantitative estimate of drug-likeness (QED) is 0.651. The highest BCUT2D eigenvalue weighted by Gasteiger charge is 1.93. The van der Waals surface area contributed by atoms with E-state index in [1.807, 2.05) is 28.9 Å². The molecule has 0 aliphatic heterocycles. The van der Waals surface area contributed by atoms with Gasteiger partial charge in [-0.1, -0.05) is 6.07 Å². The Kier molecular flexibility index (Phi) is 2.95. The first-order valence-corrected chi connectivity index (χ1v) is 3.91. The zero-order chi connectivity index (χ0) is 7.68. The molecule has 2 nitrogen and oxygen atoms in total. The fourth-order valence-corrected chi connectivity index (χ4v) is 1.20. The molecule has 0 radical (unpaired) electrons. The molecule has 4 heteroatoms. The second-order valence-corrected chi connectivity index (χ2v) is 2.63. The van der Waals surface area contributed by atoms with Gasteiger partial charge in [-0.2, -0.15) is 0 Å². The fraction of sp³-hybridized carbons (Fsp3) is 0.125. The molecule has 0 N–H and O–H groups in total. The van der Waals surface area contributed by atoms with Crippen molar-refractivity contribution in [3.05, 3.63) is 36.3 Å². The second kappa shape index (κ2) is 3.78. The van der Waals surface area contributed by atoms with Crippen LogP contribution >= 0.6 is 24.0 Å². The first kappa shape index (κ1) is 9.36. The number of fused-ring (bicyclic) bond motifs is 1. The lowest BCUT2D eigenvalue weighted by atomic mass is 10.3. The molecule has 0 atom stereocenters. The van der Waals surface area contributed by atoms with E-state index < -0.39 is 0 Å². The third-order valence-corrected chi connectivity index (χ3v) is 1.91. The van der Waals surface area contributed by atoms with Crippen molar-refractivity contribution in [1.29, 1.82) is 0 Å². The molecule has 0 amide bonds. The van der Waals surface area contributed by atoms with Gasteiger partial charge in [-0.05, 0) is 11.6 Å². The third kappa shape index (κ3) is 1.54. The maximum absolute atomic E-state index is 5.66. The molecule has 0 saturated heterocycles. The van der Waals surface area contributed by atoms with Crippen molar-refractivity contribution in [3.8, 4) is 0 Å². The number of halogens is 2. The Morgan fingerprint density at radius 3 is 3.00 bits per heavy atom. The molecule has 0 aliphatic carbocycles. The van der Waals surface area contributed by atoms with Gasteiger partial charge < -0.3 is 4.40 Å². The Hall–Kier alpha value is -0.730. The summed E-state index contributed by atoms with van der Waals surface area (Å²) in [5, 5.41) is 0. The summed E-state index contributed by atoms with van der Waals surface area (Å²) in [5.74, 6) is 0.550. The van der Waals surface area contributed by atoms with E-state index in [0.717, 1.165) is 11.2 Å². The molecule has 2 aromatic heterocycles. The van der Waals surface area contributed by atoms with Crippen LogP contribution in [0, 0.1) is 0 Å². The van der Waals surface area contributed by atoms with Gasteiger partial charge in [0.1, 0.15) is 5.65 Å². The number of hydrogen-bond donors (Lipinski definition) is 0. The standard InChI is InChI=1S/C8H7ClN2.ClH/c9-5-7-1-2-8-10-3-4-11(8)6-7;/h1-4,6H,5H2;1H. The van der Waals surface area contributed by atoms with Crippen molar-refractivity contribution in [3.63, 3.8) is 0 Å². The zero-order valence-electron chi connectivity index (χ0n) is 6.27. The van der Waals surface area contributed by atoms with Gasteiger partial charge in [-0.15, -0.1) is 24.0 Å². The van der Waals surface area contributed by atoms with Crippen molar-refractivity contribution in [2.45, 2.75) is 5.88 Å². The van der Waals surface area contributed by atoms with Crippen molar-refractivity contribution >= 4 is 29.7 Å². The summed E-state index contributed by atoms with van der Waals surface area (Å²) in [5.41, 5.74) is 2.07. The van der Waals surface area contributed by atoms with E-state index in [9.17, 15) is 0 Å². The van der Waals surface area contributed by atoms with Gasteiger partial charge in [0.25, 0.3) is 0 Å². The van der Waals surface area contributed by atoms with Gasteiger partial charge in [0.15, 0.2) is 0 Å². The van der Waals surface area contributed by atoms with Crippen LogP contribution in [0.25, 0.3) is 5.65 Å². The van der Waals surface area contributed by atoms with Crippen LogP contribution in [-0.4, -0.2) is 9.38 Å². The summed E-state index contributed by atoms with van der Waals surface area (Å²) in [7, 11) is 0. The fourth-order valence-electron chi connectivity index (χ4n) is 1.05. The zero-order valence-corrected chi connectivity index (χ0v) is 7.85. The monoisotopic (exact) mass is 202 g/mol. The lowest BCUT2D eigenvalue weighted by Crippen LogP contribution is -1.85. The van der Waals surface area contributed by atoms with Crippen molar-refractivity contribution in [2.75, 3.05) is 0 Å². The average molecular weight is 203 g/mol. The summed E-state index contributed by atoms with van der Waals surface area (Å²) in [6.07, 6.45) is 5.66. The molecular formula is C8H8Cl2N2. The highest BCUT2D eigenvalue weighted by atomic mass is 35.5. The summed E-state index contributed by atoms with van der Waals surface area (Å²) < 4.78 is 1.96. The van der Waals surface area contributed by atoms with E-state index >= 15 is 0 Å². The van der Waals surface area contributed by atoms with Crippen molar-refractivity contribution in [2.24, 2.45) is 0 Å². The van der Waals surface area contributed by atoms with Crippen LogP contribution in [0.15, 0.2) is 30.7 Å². The lowest BCUT2D eigenvalue weighted by molar-refractivity contribution is 1.15. The minimum atomic E-state index is 0. The molecule has 2 heterocycles. The second-order valence-electron chi connectivity index (χ2n) is 2.36. The van der Waals surface area contributed by atoms with Crippen LogP contribution in [-0.2, 0) is 5.88 Å². The van der Waals surface area contributed by atoms with E-state index in [0.29, 0.717) is 5.88 Å². The number of pyridine rings is 1. The highest BCUT2D eigenvalue weighted by molar-refractivity contribution is 6.17. The van der Waals surface area contributed by atoms with Crippen LogP contribution in [0.1, 0.15) is 5.56 Å². The number of imidazole rings is 1. The average Bonchev–Trinajstić information content (AvgIpc) is 2.50. The molecule has 0 spiro atoms. The summed E-state index contributed by atoms with van der Waals surface area (Å²) in [6.45, 7) is 0. The third-order valence-electron chi connectivity index (χ3n) is 1.60. The number of rotatable bonds is 1. The first-order chi connectivity index (χ1) is 5.40. The van der Waals surface area contributed by atoms with Crippen LogP contribution in [0.5, 0.6) is 0 Å². The minimum absolute atomic E-state index is 0. The van der Waals surface area contributed by atoms with Gasteiger partial charge in [0.05, 0.1) is 0 Å². The van der Waals surface area contributed by atoms with Crippen LogP contribution in [0.3, 0.4) is 0 Å². The van der Waals surface area contributed by atoms with Crippen LogP contribution in [0.4, 0.5) is 0 Å². The summed E-state index contributed by atoms with van der Waals surface area (Å²) >= 11 is 5.66. The van der Waals surface area contributed by atoms with E-state index in [4.69, 9.17) is 11.6 Å². The van der Waals surface area contributed by atoms with E-state index in [2.05, 4.69) is 4.98 Å². The molecule has 0 unspecified atom stereocenters. The Bertz CT molecular complexity index is 370. The smallest absolute Gasteiger partial charge is 0.136 e. The molecule has 64 valence electrons. The van der Waals surface area contributed by atoms with E-state index in [1.165, 1.54) is 0 Å². The molecule has 0 bridgehead atoms. The topological polar surface area (TPSA) is 17.3 Å². The van der Waals surface area contributed by atoms with Crippen molar-refractivity contribution < 1.29 is 0 Å². The Morgan fingerprint density at radius 1 is 1.42 bits per heavy atom. The lowest BCUT2D eigenvalue weighted by Gasteiger charge is -1.95. The normalized spacial score (nSPS) is 9.75. The van der Waals surface area contributed by atoms with Gasteiger partial charge >= 0.3 is 0 Å². The molecule has 0 aromatic carbocycles. The minimum Gasteiger partial charge on any atom is -0.307 e. The van der Waals surface area contributed by atoms with E-state index in [-0.39, 0.29) is 12.4 Å². The highest BCUT2D eigenvalue weighted by Crippen LogP contribution is 2.06. The maximum Gasteiger partial charge on any atom is 0.136 e. The molecular weight excluding hydrogens is 195 g/mol. The number of nitrogens with zero attached hydrogens (tertiary/aromatic N) is 2. The molecule has 2 aromatic rings. The molecule has 12 heavy (non-hydrogen) atoms. The van der Waals surface area contributed by atoms with Gasteiger partial charge in [-0.3, -0.25) is 0 Å². The van der Waals surface area contributed by atoms with Gasteiger partial charge in [0.2, 0.25) is 0 Å². The summed E-state index contributed by atoms with van der Waals surface area (Å²) in [4.78, 5) is 4.11. The maximum atomic E-state index is 5.66. The number of aromatic nitrogens is 2. The Morgan fingerprint density at radius 2 is 2.25 bits per heavy atom. The van der Waals surface area contributed by atoms with E-state index in [1.54, 1.807) is 6.20 Å². The number of hydrogen-bond acceptors (Lipinski definition) is 1. The Balaban J connectivity index is 0.000000720. The number of alkyl halides is 1. The molecule has 2 rings (SSSR count). The Labute approximate surface area is 81.6 Å². The van der Waals surface area contributed by atoms with Crippen LogP contribution in [0.2, 0.25) is 0 Å². The summed E-state index contributed by atoms with van der Waals surface area (Å²) in [6, 6.07) is 3.94. The molecule has 0 aliphatic rings. The predicted octanol–water partition coefficient (Wildman–Crippen LogP) is 2.49. The van der Waals surface area contributed by atoms with Crippen LogP contribution < -0.4 is 0 Å². The predicted molar refractivity (Wildman–Crippen MR) is 52.0 cm³/mol. The van der Waals surface area contributed by atoms with Gasteiger partial charge in [0, 0.05) is 24.5 Å².